The molecule has 0 radical (unpaired) electrons. The number of nitrogens with one attached hydrogen (secondary N) is 2. The van der Waals surface area contributed by atoms with Crippen LogP contribution in [0.1, 0.15) is 12.5 Å². The minimum atomic E-state index is -1.37. The summed E-state index contributed by atoms with van der Waals surface area (Å²) in [5.74, 6) is -0.504. The van der Waals surface area contributed by atoms with E-state index in [-0.39, 0.29) is 0 Å². The third kappa shape index (κ3) is 3.46. The Kier molecular flexibility index (Phi) is 4.57. The maximum absolute atomic E-state index is 13.2. The number of hydrogen-bond acceptors (Lipinski definition) is 5. The number of nitrogens with zero attached hydrogens (tertiary/aromatic N) is 1. The summed E-state index contributed by atoms with van der Waals surface area (Å²) in [4.78, 5) is 38.4. The molecule has 0 aliphatic carbocycles. The minimum absolute atomic E-state index is 0.412. The summed E-state index contributed by atoms with van der Waals surface area (Å²) in [5, 5.41) is 5.21. The standard InChI is InChI=1S/C20H18FN3O5/c1-20(12-2-4-13(21)5-3-12)18(26)24(19(27)23-20)11-17(25)22-14-6-7-15-16(10-14)29-9-8-28-15/h2-7,10H,8-9,11H2,1H3,(H,22,25)(H,23,27). The van der Waals surface area contributed by atoms with E-state index in [0.29, 0.717) is 36.0 Å². The van der Waals surface area contributed by atoms with Gasteiger partial charge in [0.1, 0.15) is 31.1 Å². The first-order valence-corrected chi connectivity index (χ1v) is 8.96. The molecule has 2 N–H and O–H groups in total. The number of halogens is 1. The maximum atomic E-state index is 13.2. The summed E-state index contributed by atoms with van der Waals surface area (Å²) in [6.07, 6.45) is 0. The van der Waals surface area contributed by atoms with E-state index in [1.54, 1.807) is 18.2 Å². The van der Waals surface area contributed by atoms with E-state index in [1.807, 2.05) is 0 Å². The van der Waals surface area contributed by atoms with Crippen molar-refractivity contribution in [1.82, 2.24) is 10.2 Å². The van der Waals surface area contributed by atoms with Gasteiger partial charge in [-0.25, -0.2) is 9.18 Å². The zero-order valence-electron chi connectivity index (χ0n) is 15.5. The molecule has 150 valence electrons. The topological polar surface area (TPSA) is 97.0 Å². The van der Waals surface area contributed by atoms with E-state index in [4.69, 9.17) is 9.47 Å². The van der Waals surface area contributed by atoms with Gasteiger partial charge in [0.25, 0.3) is 5.91 Å². The van der Waals surface area contributed by atoms with Gasteiger partial charge in [-0.15, -0.1) is 0 Å². The lowest BCUT2D eigenvalue weighted by atomic mass is 9.92. The number of imide groups is 1. The number of urea groups is 1. The molecule has 4 rings (SSSR count). The molecule has 2 aliphatic rings. The highest BCUT2D eigenvalue weighted by molar-refractivity contribution is 6.10. The number of hydrogen-bond donors (Lipinski definition) is 2. The Morgan fingerprint density at radius 2 is 1.83 bits per heavy atom. The first-order chi connectivity index (χ1) is 13.9. The van der Waals surface area contributed by atoms with E-state index < -0.39 is 35.7 Å². The zero-order valence-corrected chi connectivity index (χ0v) is 15.5. The Morgan fingerprint density at radius 3 is 2.55 bits per heavy atom. The number of carbonyl (C=O) groups is 3. The van der Waals surface area contributed by atoms with E-state index in [1.165, 1.54) is 31.2 Å². The molecule has 2 heterocycles. The number of rotatable bonds is 4. The number of fused-ring (bicyclic) bond motifs is 1. The molecule has 2 aliphatic heterocycles. The molecule has 1 atom stereocenters. The Balaban J connectivity index is 1.46. The van der Waals surface area contributed by atoms with Crippen molar-refractivity contribution in [2.24, 2.45) is 0 Å². The summed E-state index contributed by atoms with van der Waals surface area (Å²) >= 11 is 0. The van der Waals surface area contributed by atoms with Crippen molar-refractivity contribution in [2.75, 3.05) is 25.1 Å². The molecule has 0 spiro atoms. The summed E-state index contributed by atoms with van der Waals surface area (Å²) in [6.45, 7) is 1.92. The Morgan fingerprint density at radius 1 is 1.14 bits per heavy atom. The third-order valence-electron chi connectivity index (χ3n) is 4.82. The second-order valence-corrected chi connectivity index (χ2v) is 6.86. The lowest BCUT2D eigenvalue weighted by Crippen LogP contribution is -2.42. The van der Waals surface area contributed by atoms with Crippen molar-refractivity contribution in [1.29, 1.82) is 0 Å². The summed E-state index contributed by atoms with van der Waals surface area (Å²) in [7, 11) is 0. The highest BCUT2D eigenvalue weighted by Crippen LogP contribution is 2.33. The molecular weight excluding hydrogens is 381 g/mol. The molecule has 8 nitrogen and oxygen atoms in total. The first kappa shape index (κ1) is 18.7. The summed E-state index contributed by atoms with van der Waals surface area (Å²) in [6, 6.07) is 9.48. The van der Waals surface area contributed by atoms with E-state index in [0.717, 1.165) is 4.90 Å². The van der Waals surface area contributed by atoms with Crippen LogP contribution in [0, 0.1) is 5.82 Å². The zero-order chi connectivity index (χ0) is 20.6. The monoisotopic (exact) mass is 399 g/mol. The van der Waals surface area contributed by atoms with Crippen molar-refractivity contribution >= 4 is 23.5 Å². The van der Waals surface area contributed by atoms with Crippen molar-refractivity contribution in [3.05, 3.63) is 53.8 Å². The second-order valence-electron chi connectivity index (χ2n) is 6.86. The molecule has 9 heteroatoms. The van der Waals surface area contributed by atoms with Crippen LogP contribution < -0.4 is 20.1 Å². The average molecular weight is 399 g/mol. The number of ether oxygens (including phenoxy) is 2. The van der Waals surface area contributed by atoms with Crippen LogP contribution in [0.4, 0.5) is 14.9 Å². The predicted octanol–water partition coefficient (Wildman–Crippen LogP) is 2.00. The molecular formula is C20H18FN3O5. The largest absolute Gasteiger partial charge is 0.486 e. The summed E-state index contributed by atoms with van der Waals surface area (Å²) < 4.78 is 24.1. The van der Waals surface area contributed by atoms with Crippen LogP contribution in [-0.2, 0) is 15.1 Å². The van der Waals surface area contributed by atoms with Crippen molar-refractivity contribution in [3.63, 3.8) is 0 Å². The molecule has 0 saturated carbocycles. The van der Waals surface area contributed by atoms with Gasteiger partial charge in [0.15, 0.2) is 11.5 Å². The number of anilines is 1. The van der Waals surface area contributed by atoms with Gasteiger partial charge in [0.05, 0.1) is 0 Å². The van der Waals surface area contributed by atoms with Crippen molar-refractivity contribution in [2.45, 2.75) is 12.5 Å². The van der Waals surface area contributed by atoms with E-state index in [9.17, 15) is 18.8 Å². The quantitative estimate of drug-likeness (QED) is 0.767. The molecule has 1 fully saturated rings. The maximum Gasteiger partial charge on any atom is 0.325 e. The van der Waals surface area contributed by atoms with Crippen LogP contribution in [0.3, 0.4) is 0 Å². The van der Waals surface area contributed by atoms with Crippen LogP contribution in [-0.4, -0.2) is 42.5 Å². The van der Waals surface area contributed by atoms with E-state index in [2.05, 4.69) is 10.6 Å². The Labute approximate surface area is 165 Å². The first-order valence-electron chi connectivity index (χ1n) is 8.96. The van der Waals surface area contributed by atoms with Crippen LogP contribution in [0.25, 0.3) is 0 Å². The molecule has 4 amide bonds. The lowest BCUT2D eigenvalue weighted by Gasteiger charge is -2.22. The molecule has 29 heavy (non-hydrogen) atoms. The van der Waals surface area contributed by atoms with E-state index >= 15 is 0 Å². The van der Waals surface area contributed by atoms with Gasteiger partial charge in [0, 0.05) is 11.8 Å². The van der Waals surface area contributed by atoms with Crippen LogP contribution in [0.2, 0.25) is 0 Å². The van der Waals surface area contributed by atoms with Gasteiger partial charge in [-0.1, -0.05) is 12.1 Å². The highest BCUT2D eigenvalue weighted by Gasteiger charge is 2.49. The van der Waals surface area contributed by atoms with Crippen LogP contribution in [0.15, 0.2) is 42.5 Å². The predicted molar refractivity (Wildman–Crippen MR) is 100 cm³/mol. The molecule has 0 aromatic heterocycles. The smallest absolute Gasteiger partial charge is 0.325 e. The SMILES string of the molecule is CC1(c2ccc(F)cc2)NC(=O)N(CC(=O)Nc2ccc3c(c2)OCCO3)C1=O. The van der Waals surface area contributed by atoms with Gasteiger partial charge in [-0.05, 0) is 36.8 Å². The molecule has 1 saturated heterocycles. The van der Waals surface area contributed by atoms with Crippen LogP contribution in [0.5, 0.6) is 11.5 Å². The number of amides is 4. The summed E-state index contributed by atoms with van der Waals surface area (Å²) in [5.41, 5.74) is -0.498. The van der Waals surface area contributed by atoms with Gasteiger partial charge in [-0.3, -0.25) is 14.5 Å². The number of carbonyl (C=O) groups excluding carboxylic acids is 3. The fourth-order valence-electron chi connectivity index (χ4n) is 3.28. The normalized spacial score (nSPS) is 20.4. The Bertz CT molecular complexity index is 994. The fraction of sp³-hybridized carbons (Fsp3) is 0.250. The molecule has 2 aromatic rings. The van der Waals surface area contributed by atoms with Gasteiger partial charge < -0.3 is 20.1 Å². The van der Waals surface area contributed by atoms with Crippen molar-refractivity contribution in [3.8, 4) is 11.5 Å². The molecule has 2 aromatic carbocycles. The Hall–Kier alpha value is -3.62. The van der Waals surface area contributed by atoms with Crippen LogP contribution >= 0.6 is 0 Å². The van der Waals surface area contributed by atoms with Crippen molar-refractivity contribution < 1.29 is 28.2 Å². The average Bonchev–Trinajstić information content (AvgIpc) is 2.92. The lowest BCUT2D eigenvalue weighted by molar-refractivity contribution is -0.133. The molecule has 1 unspecified atom stereocenters. The third-order valence-corrected chi connectivity index (χ3v) is 4.82. The van der Waals surface area contributed by atoms with Gasteiger partial charge in [0.2, 0.25) is 5.91 Å². The molecule has 0 bridgehead atoms. The van der Waals surface area contributed by atoms with Gasteiger partial charge in [-0.2, -0.15) is 0 Å². The highest BCUT2D eigenvalue weighted by atomic mass is 19.1. The minimum Gasteiger partial charge on any atom is -0.486 e. The second kappa shape index (κ2) is 7.08. The number of benzene rings is 2. The van der Waals surface area contributed by atoms with Gasteiger partial charge >= 0.3 is 6.03 Å². The fourth-order valence-corrected chi connectivity index (χ4v) is 3.28.